The van der Waals surface area contributed by atoms with Crippen molar-refractivity contribution in [1.29, 1.82) is 0 Å². The van der Waals surface area contributed by atoms with E-state index in [0.29, 0.717) is 30.1 Å². The van der Waals surface area contributed by atoms with Crippen LogP contribution in [0.5, 0.6) is 5.75 Å². The van der Waals surface area contributed by atoms with Gasteiger partial charge >= 0.3 is 6.09 Å². The predicted molar refractivity (Wildman–Crippen MR) is 119 cm³/mol. The summed E-state index contributed by atoms with van der Waals surface area (Å²) in [6, 6.07) is 14.2. The van der Waals surface area contributed by atoms with Gasteiger partial charge in [-0.1, -0.05) is 23.9 Å². The van der Waals surface area contributed by atoms with Crippen LogP contribution in [-0.2, 0) is 20.7 Å². The molecule has 32 heavy (non-hydrogen) atoms. The second-order valence-electron chi connectivity index (χ2n) is 7.39. The zero-order chi connectivity index (χ0) is 22.7. The molecule has 4 amide bonds. The monoisotopic (exact) mass is 455 g/mol. The fourth-order valence-electron chi connectivity index (χ4n) is 3.40. The minimum absolute atomic E-state index is 0.165. The smallest absolute Gasteiger partial charge is 0.414 e. The van der Waals surface area contributed by atoms with Crippen molar-refractivity contribution in [2.45, 2.75) is 24.7 Å². The molecule has 9 nitrogen and oxygen atoms in total. The third-order valence-electron chi connectivity index (χ3n) is 4.92. The third-order valence-corrected chi connectivity index (χ3v) is 5.90. The van der Waals surface area contributed by atoms with Crippen molar-refractivity contribution in [3.8, 4) is 5.75 Å². The Morgan fingerprint density at radius 1 is 1.16 bits per heavy atom. The number of imide groups is 1. The molecular weight excluding hydrogens is 434 g/mol. The van der Waals surface area contributed by atoms with E-state index in [9.17, 15) is 19.2 Å². The number of carbonyl (C=O) groups is 4. The molecule has 2 unspecified atom stereocenters. The van der Waals surface area contributed by atoms with Crippen molar-refractivity contribution in [2.75, 3.05) is 23.4 Å². The average molecular weight is 455 g/mol. The number of thioether (sulfide) groups is 1. The molecule has 0 spiro atoms. The lowest BCUT2D eigenvalue weighted by Gasteiger charge is -2.14. The quantitative estimate of drug-likeness (QED) is 0.660. The summed E-state index contributed by atoms with van der Waals surface area (Å²) in [5.41, 5.74) is 2.24. The average Bonchev–Trinajstić information content (AvgIpc) is 3.28. The van der Waals surface area contributed by atoms with E-state index in [1.54, 1.807) is 36.4 Å². The highest BCUT2D eigenvalue weighted by molar-refractivity contribution is 8.15. The molecule has 2 aromatic rings. The number of nitrogens with zero attached hydrogens (tertiary/aromatic N) is 1. The molecule has 4 rings (SSSR count). The lowest BCUT2D eigenvalue weighted by molar-refractivity contribution is -0.119. The van der Waals surface area contributed by atoms with Gasteiger partial charge < -0.3 is 14.8 Å². The number of anilines is 2. The summed E-state index contributed by atoms with van der Waals surface area (Å²) in [5.74, 6) is 0.182. The van der Waals surface area contributed by atoms with E-state index in [2.05, 4.69) is 10.6 Å². The molecule has 0 radical (unpaired) electrons. The number of rotatable bonds is 7. The van der Waals surface area contributed by atoms with Crippen LogP contribution in [0.4, 0.5) is 21.0 Å². The van der Waals surface area contributed by atoms with E-state index in [4.69, 9.17) is 9.47 Å². The van der Waals surface area contributed by atoms with Gasteiger partial charge in [-0.05, 0) is 48.4 Å². The maximum atomic E-state index is 12.2. The molecule has 2 heterocycles. The van der Waals surface area contributed by atoms with Crippen LogP contribution >= 0.6 is 11.8 Å². The van der Waals surface area contributed by atoms with Gasteiger partial charge in [-0.3, -0.25) is 24.6 Å². The van der Waals surface area contributed by atoms with Gasteiger partial charge in [-0.15, -0.1) is 0 Å². The van der Waals surface area contributed by atoms with Crippen molar-refractivity contribution in [3.63, 3.8) is 0 Å². The summed E-state index contributed by atoms with van der Waals surface area (Å²) in [6.07, 6.45) is -0.428. The van der Waals surface area contributed by atoms with Crippen molar-refractivity contribution < 1.29 is 28.7 Å². The topological polar surface area (TPSA) is 114 Å². The molecule has 0 aliphatic carbocycles. The molecule has 2 atom stereocenters. The van der Waals surface area contributed by atoms with E-state index in [1.165, 1.54) is 11.8 Å². The van der Waals surface area contributed by atoms with Gasteiger partial charge in [-0.25, -0.2) is 4.79 Å². The molecule has 10 heteroatoms. The highest BCUT2D eigenvalue weighted by atomic mass is 32.2. The van der Waals surface area contributed by atoms with E-state index in [1.807, 2.05) is 12.1 Å². The summed E-state index contributed by atoms with van der Waals surface area (Å²) in [6.45, 7) is 1.97. The number of cyclic esters (lactones) is 1. The van der Waals surface area contributed by atoms with Crippen LogP contribution in [0.1, 0.15) is 12.5 Å². The molecule has 0 aromatic heterocycles. The first-order chi connectivity index (χ1) is 15.4. The number of carbonyl (C=O) groups excluding carboxylic acids is 4. The maximum absolute atomic E-state index is 12.2. The molecule has 0 saturated carbocycles. The van der Waals surface area contributed by atoms with Crippen LogP contribution < -0.4 is 20.3 Å². The van der Waals surface area contributed by atoms with Crippen LogP contribution in [-0.4, -0.2) is 47.7 Å². The van der Waals surface area contributed by atoms with Gasteiger partial charge in [0.1, 0.15) is 12.4 Å². The molecule has 166 valence electrons. The van der Waals surface area contributed by atoms with Crippen LogP contribution in [0.15, 0.2) is 48.5 Å². The zero-order valence-corrected chi connectivity index (χ0v) is 18.0. The largest absolute Gasteiger partial charge is 0.490 e. The minimum Gasteiger partial charge on any atom is -0.490 e. The first-order valence-corrected chi connectivity index (χ1v) is 10.8. The number of nitrogens with one attached hydrogen (secondary N) is 2. The highest BCUT2D eigenvalue weighted by Gasteiger charge is 2.33. The number of hydrogen-bond donors (Lipinski definition) is 2. The predicted octanol–water partition coefficient (Wildman–Crippen LogP) is 2.94. The molecular formula is C22H21N3O6S. The number of benzene rings is 2. The van der Waals surface area contributed by atoms with Crippen molar-refractivity contribution in [2.24, 2.45) is 0 Å². The Bertz CT molecular complexity index is 1040. The number of amides is 4. The van der Waals surface area contributed by atoms with E-state index in [0.717, 1.165) is 17.3 Å². The molecule has 2 aliphatic rings. The van der Waals surface area contributed by atoms with E-state index in [-0.39, 0.29) is 23.7 Å². The zero-order valence-electron chi connectivity index (χ0n) is 17.2. The van der Waals surface area contributed by atoms with E-state index >= 15 is 0 Å². The van der Waals surface area contributed by atoms with Gasteiger partial charge in [0.2, 0.25) is 11.8 Å². The SMILES string of the molecule is CC(=O)Nc1ccc(N2CC(COc3ccc(CC4SC(=O)NC4=O)cc3)OC2=O)cc1. The number of hydrogen-bond acceptors (Lipinski definition) is 7. The van der Waals surface area contributed by atoms with Gasteiger partial charge in [-0.2, -0.15) is 0 Å². The molecule has 2 saturated heterocycles. The molecule has 2 aliphatic heterocycles. The molecule has 2 fully saturated rings. The van der Waals surface area contributed by atoms with Crippen LogP contribution in [0.3, 0.4) is 0 Å². The Morgan fingerprint density at radius 2 is 1.88 bits per heavy atom. The fraction of sp³-hybridized carbons (Fsp3) is 0.273. The molecule has 2 aromatic carbocycles. The summed E-state index contributed by atoms with van der Waals surface area (Å²) in [4.78, 5) is 47.8. The van der Waals surface area contributed by atoms with Gasteiger partial charge in [0.25, 0.3) is 5.24 Å². The van der Waals surface area contributed by atoms with Crippen LogP contribution in [0, 0.1) is 0 Å². The third kappa shape index (κ3) is 5.20. The molecule has 0 bridgehead atoms. The first kappa shape index (κ1) is 21.7. The Hall–Kier alpha value is -3.53. The van der Waals surface area contributed by atoms with Gasteiger partial charge in [0.15, 0.2) is 6.10 Å². The van der Waals surface area contributed by atoms with Gasteiger partial charge in [0.05, 0.1) is 11.8 Å². The maximum Gasteiger partial charge on any atom is 0.414 e. The summed E-state index contributed by atoms with van der Waals surface area (Å²) in [7, 11) is 0. The normalized spacial score (nSPS) is 20.2. The standard InChI is InChI=1S/C22H21N3O6S/c1-13(26)23-15-4-6-16(7-5-15)25-11-18(31-22(25)29)12-30-17-8-2-14(3-9-17)10-19-20(27)24-21(28)32-19/h2-9,18-19H,10-12H2,1H3,(H,23,26)(H,24,27,28). The summed E-state index contributed by atoms with van der Waals surface area (Å²) < 4.78 is 11.2. The van der Waals surface area contributed by atoms with E-state index < -0.39 is 17.4 Å². The van der Waals surface area contributed by atoms with Crippen molar-refractivity contribution >= 4 is 46.3 Å². The Morgan fingerprint density at radius 3 is 2.50 bits per heavy atom. The lowest BCUT2D eigenvalue weighted by Crippen LogP contribution is -2.26. The highest BCUT2D eigenvalue weighted by Crippen LogP contribution is 2.26. The van der Waals surface area contributed by atoms with Crippen molar-refractivity contribution in [1.82, 2.24) is 5.32 Å². The second kappa shape index (κ2) is 9.31. The number of ether oxygens (including phenoxy) is 2. The second-order valence-corrected chi connectivity index (χ2v) is 8.56. The lowest BCUT2D eigenvalue weighted by atomic mass is 10.1. The molecule has 2 N–H and O–H groups in total. The Labute approximate surface area is 188 Å². The Balaban J connectivity index is 1.28. The fourth-order valence-corrected chi connectivity index (χ4v) is 4.26. The summed E-state index contributed by atoms with van der Waals surface area (Å²) in [5, 5.41) is 4.23. The van der Waals surface area contributed by atoms with Crippen molar-refractivity contribution in [3.05, 3.63) is 54.1 Å². The summed E-state index contributed by atoms with van der Waals surface area (Å²) >= 11 is 0.999. The Kier molecular flexibility index (Phi) is 6.31. The van der Waals surface area contributed by atoms with Gasteiger partial charge in [0, 0.05) is 18.3 Å². The van der Waals surface area contributed by atoms with Crippen LogP contribution in [0.25, 0.3) is 0 Å². The minimum atomic E-state index is -0.455. The van der Waals surface area contributed by atoms with Crippen LogP contribution in [0.2, 0.25) is 0 Å². The first-order valence-electron chi connectivity index (χ1n) is 9.96.